The van der Waals surface area contributed by atoms with Gasteiger partial charge in [0.15, 0.2) is 0 Å². The fourth-order valence-electron chi connectivity index (χ4n) is 2.37. The van der Waals surface area contributed by atoms with Gasteiger partial charge < -0.3 is 4.74 Å². The molecular weight excluding hydrogens is 266 g/mol. The number of cyclic esters (lactones) is 1. The Morgan fingerprint density at radius 1 is 0.905 bits per heavy atom. The summed E-state index contributed by atoms with van der Waals surface area (Å²) in [7, 11) is 0. The zero-order valence-corrected chi connectivity index (χ0v) is 11.4. The molecule has 1 aliphatic rings. The zero-order valence-electron chi connectivity index (χ0n) is 11.4. The number of hydrogen-bond acceptors (Lipinski definition) is 3. The molecule has 106 valence electrons. The summed E-state index contributed by atoms with van der Waals surface area (Å²) < 4.78 is 5.20. The first-order valence-corrected chi connectivity index (χ1v) is 6.86. The van der Waals surface area contributed by atoms with Crippen LogP contribution in [0.4, 0.5) is 4.79 Å². The number of nitrogens with zero attached hydrogens (tertiary/aromatic N) is 1. The average molecular weight is 281 g/mol. The quantitative estimate of drug-likeness (QED) is 0.865. The number of ether oxygens (including phenoxy) is 1. The number of carbonyl (C=O) groups is 2. The van der Waals surface area contributed by atoms with Gasteiger partial charge in [0.05, 0.1) is 0 Å². The molecule has 1 heterocycles. The Bertz CT molecular complexity index is 640. The molecule has 2 amide bonds. The molecule has 1 saturated heterocycles. The van der Waals surface area contributed by atoms with Gasteiger partial charge in [-0.25, -0.2) is 9.69 Å². The lowest BCUT2D eigenvalue weighted by atomic mass is 10.1. The van der Waals surface area contributed by atoms with Gasteiger partial charge in [-0.1, -0.05) is 60.7 Å². The Labute approximate surface area is 123 Å². The van der Waals surface area contributed by atoms with Crippen molar-refractivity contribution >= 4 is 12.0 Å². The van der Waals surface area contributed by atoms with Gasteiger partial charge in [-0.05, 0) is 12.0 Å². The molecule has 2 aromatic rings. The van der Waals surface area contributed by atoms with Crippen LogP contribution >= 0.6 is 0 Å². The van der Waals surface area contributed by atoms with Crippen LogP contribution < -0.4 is 0 Å². The molecule has 0 aromatic heterocycles. The Morgan fingerprint density at radius 2 is 1.52 bits per heavy atom. The van der Waals surface area contributed by atoms with E-state index in [1.807, 2.05) is 48.5 Å². The highest BCUT2D eigenvalue weighted by Crippen LogP contribution is 2.27. The van der Waals surface area contributed by atoms with Gasteiger partial charge in [0.2, 0.25) is 6.10 Å². The molecular formula is C17H15NO3. The number of carbonyl (C=O) groups excluding carboxylic acids is 2. The standard InChI is InChI=1S/C17H15NO3/c19-16-15(14-9-5-2-6-10-14)21-17(20)18(16)12-11-13-7-3-1-4-8-13/h1-10,15H,11-12H2. The predicted molar refractivity (Wildman–Crippen MR) is 77.5 cm³/mol. The summed E-state index contributed by atoms with van der Waals surface area (Å²) in [5, 5.41) is 0. The third-order valence-corrected chi connectivity index (χ3v) is 3.50. The summed E-state index contributed by atoms with van der Waals surface area (Å²) in [5.74, 6) is -0.290. The highest BCUT2D eigenvalue weighted by Gasteiger charge is 2.40. The molecule has 0 saturated carbocycles. The van der Waals surface area contributed by atoms with E-state index in [9.17, 15) is 9.59 Å². The molecule has 0 radical (unpaired) electrons. The Kier molecular flexibility index (Phi) is 3.69. The largest absolute Gasteiger partial charge is 0.431 e. The second-order valence-electron chi connectivity index (χ2n) is 4.90. The van der Waals surface area contributed by atoms with E-state index in [0.29, 0.717) is 18.5 Å². The topological polar surface area (TPSA) is 46.6 Å². The second-order valence-corrected chi connectivity index (χ2v) is 4.90. The van der Waals surface area contributed by atoms with Crippen LogP contribution in [0, 0.1) is 0 Å². The van der Waals surface area contributed by atoms with Crippen LogP contribution in [0.3, 0.4) is 0 Å². The van der Waals surface area contributed by atoms with E-state index in [1.165, 1.54) is 4.90 Å². The molecule has 3 rings (SSSR count). The minimum atomic E-state index is -0.811. The first-order chi connectivity index (χ1) is 10.3. The summed E-state index contributed by atoms with van der Waals surface area (Å²) >= 11 is 0. The molecule has 2 aromatic carbocycles. The van der Waals surface area contributed by atoms with E-state index in [-0.39, 0.29) is 5.91 Å². The van der Waals surface area contributed by atoms with Crippen molar-refractivity contribution in [1.82, 2.24) is 4.90 Å². The highest BCUT2D eigenvalue weighted by atomic mass is 16.6. The number of hydrogen-bond donors (Lipinski definition) is 0. The van der Waals surface area contributed by atoms with Crippen LogP contribution in [0.25, 0.3) is 0 Å². The summed E-state index contributed by atoms with van der Waals surface area (Å²) in [6.07, 6.45) is -0.748. The maximum Gasteiger partial charge on any atom is 0.417 e. The fourth-order valence-corrected chi connectivity index (χ4v) is 2.37. The van der Waals surface area contributed by atoms with Crippen LogP contribution in [-0.2, 0) is 16.0 Å². The highest BCUT2D eigenvalue weighted by molar-refractivity contribution is 6.00. The maximum absolute atomic E-state index is 12.3. The number of imide groups is 1. The van der Waals surface area contributed by atoms with Crippen LogP contribution in [0.2, 0.25) is 0 Å². The molecule has 1 fully saturated rings. The zero-order chi connectivity index (χ0) is 14.7. The molecule has 1 unspecified atom stereocenters. The Hall–Kier alpha value is -2.62. The summed E-state index contributed by atoms with van der Waals surface area (Å²) in [5.41, 5.74) is 1.79. The Balaban J connectivity index is 1.70. The van der Waals surface area contributed by atoms with Gasteiger partial charge in [0, 0.05) is 12.1 Å². The van der Waals surface area contributed by atoms with Gasteiger partial charge in [-0.15, -0.1) is 0 Å². The minimum Gasteiger partial charge on any atom is -0.431 e. The lowest BCUT2D eigenvalue weighted by molar-refractivity contribution is -0.129. The normalized spacial score (nSPS) is 17.9. The van der Waals surface area contributed by atoms with Crippen LogP contribution in [0.5, 0.6) is 0 Å². The smallest absolute Gasteiger partial charge is 0.417 e. The van der Waals surface area contributed by atoms with Crippen molar-refractivity contribution in [2.24, 2.45) is 0 Å². The van der Waals surface area contributed by atoms with Crippen molar-refractivity contribution in [2.45, 2.75) is 12.5 Å². The number of amides is 2. The maximum atomic E-state index is 12.3. The van der Waals surface area contributed by atoms with Crippen molar-refractivity contribution in [3.05, 3.63) is 71.8 Å². The average Bonchev–Trinajstić information content (AvgIpc) is 2.82. The van der Waals surface area contributed by atoms with Crippen molar-refractivity contribution in [2.75, 3.05) is 6.54 Å². The fraction of sp³-hybridized carbons (Fsp3) is 0.176. The van der Waals surface area contributed by atoms with E-state index < -0.39 is 12.2 Å². The van der Waals surface area contributed by atoms with E-state index in [1.54, 1.807) is 12.1 Å². The number of rotatable bonds is 4. The second kappa shape index (κ2) is 5.79. The SMILES string of the molecule is O=C1OC(c2ccccc2)C(=O)N1CCc1ccccc1. The first kappa shape index (κ1) is 13.4. The molecule has 21 heavy (non-hydrogen) atoms. The minimum absolute atomic E-state index is 0.290. The summed E-state index contributed by atoms with van der Waals surface area (Å²) in [6.45, 7) is 0.338. The molecule has 0 bridgehead atoms. The summed E-state index contributed by atoms with van der Waals surface area (Å²) in [4.78, 5) is 25.4. The third kappa shape index (κ3) is 2.79. The predicted octanol–water partition coefficient (Wildman–Crippen LogP) is 2.95. The third-order valence-electron chi connectivity index (χ3n) is 3.50. The van der Waals surface area contributed by atoms with Gasteiger partial charge >= 0.3 is 6.09 Å². The van der Waals surface area contributed by atoms with E-state index >= 15 is 0 Å². The van der Waals surface area contributed by atoms with Crippen molar-refractivity contribution in [3.8, 4) is 0 Å². The van der Waals surface area contributed by atoms with Crippen LogP contribution in [0.1, 0.15) is 17.2 Å². The number of benzene rings is 2. The van der Waals surface area contributed by atoms with E-state index in [2.05, 4.69) is 0 Å². The lowest BCUT2D eigenvalue weighted by Crippen LogP contribution is -2.31. The molecule has 4 heteroatoms. The molecule has 1 atom stereocenters. The molecule has 0 N–H and O–H groups in total. The van der Waals surface area contributed by atoms with Crippen LogP contribution in [0.15, 0.2) is 60.7 Å². The van der Waals surface area contributed by atoms with Gasteiger partial charge in [0.1, 0.15) is 0 Å². The van der Waals surface area contributed by atoms with Crippen molar-refractivity contribution < 1.29 is 14.3 Å². The molecule has 0 spiro atoms. The van der Waals surface area contributed by atoms with Crippen molar-refractivity contribution in [3.63, 3.8) is 0 Å². The first-order valence-electron chi connectivity index (χ1n) is 6.86. The summed E-state index contributed by atoms with van der Waals surface area (Å²) in [6, 6.07) is 18.8. The monoisotopic (exact) mass is 281 g/mol. The van der Waals surface area contributed by atoms with E-state index in [4.69, 9.17) is 4.74 Å². The van der Waals surface area contributed by atoms with Gasteiger partial charge in [0.25, 0.3) is 5.91 Å². The Morgan fingerprint density at radius 3 is 2.19 bits per heavy atom. The van der Waals surface area contributed by atoms with Crippen molar-refractivity contribution in [1.29, 1.82) is 0 Å². The molecule has 1 aliphatic heterocycles. The molecule has 4 nitrogen and oxygen atoms in total. The van der Waals surface area contributed by atoms with Gasteiger partial charge in [-0.3, -0.25) is 4.79 Å². The molecule has 0 aliphatic carbocycles. The van der Waals surface area contributed by atoms with Gasteiger partial charge in [-0.2, -0.15) is 0 Å². The van der Waals surface area contributed by atoms with Crippen LogP contribution in [-0.4, -0.2) is 23.4 Å². The lowest BCUT2D eigenvalue weighted by Gasteiger charge is -2.11. The van der Waals surface area contributed by atoms with E-state index in [0.717, 1.165) is 5.56 Å².